The molecular weight excluding hydrogens is 246 g/mol. The first-order valence-corrected chi connectivity index (χ1v) is 7.96. The van der Waals surface area contributed by atoms with Crippen LogP contribution in [0.15, 0.2) is 18.2 Å². The number of nitrogens with one attached hydrogen (secondary N) is 1. The summed E-state index contributed by atoms with van der Waals surface area (Å²) in [5.41, 5.74) is 4.48. The highest BCUT2D eigenvalue weighted by Gasteiger charge is 2.22. The van der Waals surface area contributed by atoms with Gasteiger partial charge >= 0.3 is 0 Å². The highest BCUT2D eigenvalue weighted by atomic mass is 15.2. The van der Waals surface area contributed by atoms with Crippen molar-refractivity contribution in [2.75, 3.05) is 46.3 Å². The van der Waals surface area contributed by atoms with E-state index in [1.165, 1.54) is 51.1 Å². The number of hydrogen-bond donors (Lipinski definition) is 1. The van der Waals surface area contributed by atoms with E-state index in [0.717, 1.165) is 6.54 Å². The summed E-state index contributed by atoms with van der Waals surface area (Å²) >= 11 is 0. The first-order chi connectivity index (χ1) is 9.72. The number of likely N-dealkylation sites (N-methyl/N-ethyl adjacent to an activating group) is 1. The molecule has 0 spiro atoms. The number of fused-ring (bicyclic) bond motifs is 1. The van der Waals surface area contributed by atoms with Crippen molar-refractivity contribution in [2.24, 2.45) is 0 Å². The van der Waals surface area contributed by atoms with Crippen molar-refractivity contribution in [1.82, 2.24) is 15.1 Å². The fraction of sp³-hybridized carbons (Fsp3) is 0.647. The molecule has 3 rings (SSSR count). The third-order valence-electron chi connectivity index (χ3n) is 4.79. The van der Waals surface area contributed by atoms with E-state index in [0.29, 0.717) is 6.04 Å². The Morgan fingerprint density at radius 1 is 1.20 bits per heavy atom. The number of benzene rings is 1. The first-order valence-electron chi connectivity index (χ1n) is 7.96. The molecule has 3 heteroatoms. The van der Waals surface area contributed by atoms with Gasteiger partial charge in [-0.15, -0.1) is 0 Å². The predicted molar refractivity (Wildman–Crippen MR) is 84.2 cm³/mol. The maximum atomic E-state index is 3.77. The normalized spacial score (nSPS) is 24.0. The van der Waals surface area contributed by atoms with E-state index in [4.69, 9.17) is 0 Å². The molecule has 1 aliphatic carbocycles. The molecule has 0 bridgehead atoms. The van der Waals surface area contributed by atoms with E-state index >= 15 is 0 Å². The summed E-state index contributed by atoms with van der Waals surface area (Å²) in [5, 5.41) is 3.77. The molecular formula is C17H27N3. The average Bonchev–Trinajstić information content (AvgIpc) is 2.84. The van der Waals surface area contributed by atoms with E-state index in [9.17, 15) is 0 Å². The number of rotatable bonds is 4. The molecule has 0 aromatic heterocycles. The van der Waals surface area contributed by atoms with E-state index in [-0.39, 0.29) is 0 Å². The van der Waals surface area contributed by atoms with Gasteiger partial charge in [-0.2, -0.15) is 0 Å². The van der Waals surface area contributed by atoms with Crippen LogP contribution >= 0.6 is 0 Å². The molecule has 1 aromatic carbocycles. The third kappa shape index (κ3) is 3.22. The Balaban J connectivity index is 1.47. The number of hydrogen-bond acceptors (Lipinski definition) is 3. The summed E-state index contributed by atoms with van der Waals surface area (Å²) in [7, 11) is 2.22. The molecule has 1 N–H and O–H groups in total. The smallest absolute Gasteiger partial charge is 0.0326 e. The first kappa shape index (κ1) is 14.1. The molecule has 1 atom stereocenters. The number of nitrogens with zero attached hydrogens (tertiary/aromatic N) is 2. The fourth-order valence-corrected chi connectivity index (χ4v) is 3.40. The van der Waals surface area contributed by atoms with Crippen LogP contribution in [0.1, 0.15) is 29.2 Å². The molecule has 110 valence electrons. The monoisotopic (exact) mass is 273 g/mol. The second-order valence-electron chi connectivity index (χ2n) is 6.39. The zero-order chi connectivity index (χ0) is 13.9. The van der Waals surface area contributed by atoms with Crippen molar-refractivity contribution in [1.29, 1.82) is 0 Å². The Morgan fingerprint density at radius 2 is 2.00 bits per heavy atom. The molecule has 1 saturated heterocycles. The Morgan fingerprint density at radius 3 is 2.80 bits per heavy atom. The molecule has 3 nitrogen and oxygen atoms in total. The van der Waals surface area contributed by atoms with Gasteiger partial charge in [-0.05, 0) is 37.9 Å². The summed E-state index contributed by atoms with van der Waals surface area (Å²) < 4.78 is 0. The molecule has 1 aromatic rings. The van der Waals surface area contributed by atoms with Crippen LogP contribution in [0.3, 0.4) is 0 Å². The largest absolute Gasteiger partial charge is 0.309 e. The maximum Gasteiger partial charge on any atom is 0.0326 e. The molecule has 1 aliphatic heterocycles. The fourth-order valence-electron chi connectivity index (χ4n) is 3.40. The van der Waals surface area contributed by atoms with Gasteiger partial charge in [-0.1, -0.05) is 23.8 Å². The summed E-state index contributed by atoms with van der Waals surface area (Å²) in [6.45, 7) is 9.36. The minimum absolute atomic E-state index is 0.581. The van der Waals surface area contributed by atoms with Gasteiger partial charge in [0.2, 0.25) is 0 Å². The van der Waals surface area contributed by atoms with Crippen LogP contribution in [0.4, 0.5) is 0 Å². The lowest BCUT2D eigenvalue weighted by molar-refractivity contribution is 0.153. The summed E-state index contributed by atoms with van der Waals surface area (Å²) in [6, 6.07) is 7.51. The van der Waals surface area contributed by atoms with Crippen LogP contribution in [0, 0.1) is 6.92 Å². The van der Waals surface area contributed by atoms with Gasteiger partial charge < -0.3 is 10.2 Å². The van der Waals surface area contributed by atoms with Crippen molar-refractivity contribution in [2.45, 2.75) is 25.8 Å². The standard InChI is InChI=1S/C17H27N3/c1-14-3-4-15-5-6-17(16(15)13-14)18-7-8-20-11-9-19(2)10-12-20/h3-4,13,17-18H,5-12H2,1-2H3. The van der Waals surface area contributed by atoms with Gasteiger partial charge in [0.15, 0.2) is 0 Å². The lowest BCUT2D eigenvalue weighted by atomic mass is 10.1. The molecule has 1 fully saturated rings. The van der Waals surface area contributed by atoms with Gasteiger partial charge in [0.25, 0.3) is 0 Å². The van der Waals surface area contributed by atoms with Crippen LogP contribution in [-0.4, -0.2) is 56.1 Å². The van der Waals surface area contributed by atoms with Gasteiger partial charge in [0, 0.05) is 45.3 Å². The zero-order valence-corrected chi connectivity index (χ0v) is 12.9. The van der Waals surface area contributed by atoms with Gasteiger partial charge in [-0.3, -0.25) is 4.90 Å². The summed E-state index contributed by atoms with van der Waals surface area (Å²) in [6.07, 6.45) is 2.50. The number of aryl methyl sites for hydroxylation is 2. The predicted octanol–water partition coefficient (Wildman–Crippen LogP) is 1.82. The molecule has 20 heavy (non-hydrogen) atoms. The minimum atomic E-state index is 0.581. The molecule has 1 heterocycles. The summed E-state index contributed by atoms with van der Waals surface area (Å²) in [4.78, 5) is 5.00. The topological polar surface area (TPSA) is 18.5 Å². The summed E-state index contributed by atoms with van der Waals surface area (Å²) in [5.74, 6) is 0. The number of piperazine rings is 1. The Bertz CT molecular complexity index is 450. The Kier molecular flexibility index (Phi) is 4.39. The van der Waals surface area contributed by atoms with E-state index in [2.05, 4.69) is 47.3 Å². The highest BCUT2D eigenvalue weighted by Crippen LogP contribution is 2.31. The second-order valence-corrected chi connectivity index (χ2v) is 6.39. The lowest BCUT2D eigenvalue weighted by Crippen LogP contribution is -2.46. The molecule has 0 saturated carbocycles. The molecule has 2 aliphatic rings. The van der Waals surface area contributed by atoms with Crippen LogP contribution in [0.25, 0.3) is 0 Å². The van der Waals surface area contributed by atoms with Crippen molar-refractivity contribution in [3.05, 3.63) is 34.9 Å². The van der Waals surface area contributed by atoms with Gasteiger partial charge in [0.1, 0.15) is 0 Å². The Labute approximate surface area is 123 Å². The SMILES string of the molecule is Cc1ccc2c(c1)C(NCCN1CCN(C)CC1)CC2. The van der Waals surface area contributed by atoms with Gasteiger partial charge in [0.05, 0.1) is 0 Å². The Hall–Kier alpha value is -0.900. The quantitative estimate of drug-likeness (QED) is 0.903. The molecule has 0 amide bonds. The molecule has 1 unspecified atom stereocenters. The average molecular weight is 273 g/mol. The zero-order valence-electron chi connectivity index (χ0n) is 12.9. The van der Waals surface area contributed by atoms with Crippen molar-refractivity contribution < 1.29 is 0 Å². The van der Waals surface area contributed by atoms with Gasteiger partial charge in [-0.25, -0.2) is 0 Å². The van der Waals surface area contributed by atoms with Crippen molar-refractivity contribution in [3.63, 3.8) is 0 Å². The van der Waals surface area contributed by atoms with Crippen LogP contribution in [0.2, 0.25) is 0 Å². The van der Waals surface area contributed by atoms with Crippen LogP contribution in [-0.2, 0) is 6.42 Å². The minimum Gasteiger partial charge on any atom is -0.309 e. The second kappa shape index (κ2) is 6.25. The van der Waals surface area contributed by atoms with E-state index < -0.39 is 0 Å². The van der Waals surface area contributed by atoms with Crippen LogP contribution in [0.5, 0.6) is 0 Å². The molecule has 0 radical (unpaired) electrons. The lowest BCUT2D eigenvalue weighted by Gasteiger charge is -2.32. The van der Waals surface area contributed by atoms with Crippen molar-refractivity contribution in [3.8, 4) is 0 Å². The maximum absolute atomic E-state index is 3.77. The van der Waals surface area contributed by atoms with E-state index in [1.807, 2.05) is 0 Å². The van der Waals surface area contributed by atoms with Crippen molar-refractivity contribution >= 4 is 0 Å². The van der Waals surface area contributed by atoms with E-state index in [1.54, 1.807) is 11.1 Å². The van der Waals surface area contributed by atoms with Crippen LogP contribution < -0.4 is 5.32 Å². The third-order valence-corrected chi connectivity index (χ3v) is 4.79. The highest BCUT2D eigenvalue weighted by molar-refractivity contribution is 5.37.